The predicted molar refractivity (Wildman–Crippen MR) is 72.8 cm³/mol. The molecule has 7 nitrogen and oxygen atoms in total. The Morgan fingerprint density at radius 2 is 1.95 bits per heavy atom. The molecule has 7 heteroatoms. The number of nitrogens with zero attached hydrogens (tertiary/aromatic N) is 1. The topological polar surface area (TPSA) is 110 Å². The number of carbonyl (C=O) groups is 3. The molecule has 1 aromatic rings. The van der Waals surface area contributed by atoms with Crippen LogP contribution in [0.2, 0.25) is 0 Å². The second-order valence-corrected chi connectivity index (χ2v) is 4.84. The number of amides is 2. The first kappa shape index (κ1) is 14.8. The summed E-state index contributed by atoms with van der Waals surface area (Å²) in [5, 5.41) is 8.88. The Morgan fingerprint density at radius 1 is 1.29 bits per heavy atom. The van der Waals surface area contributed by atoms with Gasteiger partial charge in [-0.25, -0.2) is 0 Å². The monoisotopic (exact) mass is 292 g/mol. The van der Waals surface area contributed by atoms with E-state index < -0.39 is 17.8 Å². The van der Waals surface area contributed by atoms with E-state index in [-0.39, 0.29) is 19.1 Å². The van der Waals surface area contributed by atoms with Gasteiger partial charge in [0.05, 0.1) is 5.92 Å². The number of aliphatic carboxylic acids is 1. The molecule has 0 aliphatic carbocycles. The molecule has 1 aliphatic heterocycles. The van der Waals surface area contributed by atoms with E-state index in [9.17, 15) is 14.4 Å². The van der Waals surface area contributed by atoms with E-state index >= 15 is 0 Å². The molecule has 1 aliphatic rings. The van der Waals surface area contributed by atoms with Gasteiger partial charge in [0.15, 0.2) is 6.61 Å². The van der Waals surface area contributed by atoms with Crippen LogP contribution < -0.4 is 10.5 Å². The molecule has 112 valence electrons. The molecule has 0 saturated carbocycles. The van der Waals surface area contributed by atoms with Crippen LogP contribution in [0.15, 0.2) is 24.3 Å². The van der Waals surface area contributed by atoms with E-state index in [2.05, 4.69) is 0 Å². The van der Waals surface area contributed by atoms with Crippen molar-refractivity contribution in [2.45, 2.75) is 6.42 Å². The van der Waals surface area contributed by atoms with Gasteiger partial charge in [0.25, 0.3) is 5.91 Å². The molecule has 1 aromatic carbocycles. The number of hydrogen-bond donors (Lipinski definition) is 2. The lowest BCUT2D eigenvalue weighted by atomic mass is 10.1. The number of hydrogen-bond acceptors (Lipinski definition) is 4. The van der Waals surface area contributed by atoms with Crippen LogP contribution in [0.5, 0.6) is 5.75 Å². The lowest BCUT2D eigenvalue weighted by molar-refractivity contribution is -0.141. The van der Waals surface area contributed by atoms with Gasteiger partial charge >= 0.3 is 5.97 Å². The number of ether oxygens (including phenoxy) is 1. The van der Waals surface area contributed by atoms with Crippen LogP contribution in [0, 0.1) is 5.92 Å². The number of carboxylic acid groups (broad SMARTS) is 1. The SMILES string of the molecule is NC(=O)c1ccc(OCC(=O)N2CC[C@H](C(=O)O)C2)cc1. The summed E-state index contributed by atoms with van der Waals surface area (Å²) < 4.78 is 5.32. The number of carboxylic acids is 1. The average Bonchev–Trinajstić information content (AvgIpc) is 2.95. The second-order valence-electron chi connectivity index (χ2n) is 4.84. The van der Waals surface area contributed by atoms with Crippen molar-refractivity contribution in [3.05, 3.63) is 29.8 Å². The average molecular weight is 292 g/mol. The molecule has 2 rings (SSSR count). The normalized spacial score (nSPS) is 17.5. The van der Waals surface area contributed by atoms with Crippen molar-refractivity contribution in [1.29, 1.82) is 0 Å². The Kier molecular flexibility index (Phi) is 4.42. The van der Waals surface area contributed by atoms with Crippen molar-refractivity contribution >= 4 is 17.8 Å². The summed E-state index contributed by atoms with van der Waals surface area (Å²) >= 11 is 0. The number of likely N-dealkylation sites (tertiary alicyclic amines) is 1. The Labute approximate surface area is 121 Å². The van der Waals surface area contributed by atoms with Gasteiger partial charge in [-0.05, 0) is 30.7 Å². The van der Waals surface area contributed by atoms with Crippen LogP contribution in [0.1, 0.15) is 16.8 Å². The standard InChI is InChI=1S/C14H16N2O5/c15-13(18)9-1-3-11(4-2-9)21-8-12(17)16-6-5-10(7-16)14(19)20/h1-4,10H,5-8H2,(H2,15,18)(H,19,20)/t10-/m0/s1. The van der Waals surface area contributed by atoms with Crippen LogP contribution in [-0.4, -0.2) is 47.5 Å². The van der Waals surface area contributed by atoms with Crippen molar-refractivity contribution in [2.24, 2.45) is 11.7 Å². The molecule has 1 heterocycles. The lowest BCUT2D eigenvalue weighted by Crippen LogP contribution is -2.33. The zero-order valence-corrected chi connectivity index (χ0v) is 11.3. The third-order valence-electron chi connectivity index (χ3n) is 3.39. The largest absolute Gasteiger partial charge is 0.484 e. The number of nitrogens with two attached hydrogens (primary N) is 1. The van der Waals surface area contributed by atoms with Gasteiger partial charge in [-0.3, -0.25) is 14.4 Å². The van der Waals surface area contributed by atoms with E-state index in [0.717, 1.165) is 0 Å². The molecule has 1 atom stereocenters. The first-order chi connectivity index (χ1) is 9.97. The van der Waals surface area contributed by atoms with Gasteiger partial charge in [0, 0.05) is 18.7 Å². The van der Waals surface area contributed by atoms with E-state index in [1.807, 2.05) is 0 Å². The highest BCUT2D eigenvalue weighted by molar-refractivity contribution is 5.92. The van der Waals surface area contributed by atoms with Gasteiger partial charge in [0.1, 0.15) is 5.75 Å². The quantitative estimate of drug-likeness (QED) is 0.799. The molecule has 1 fully saturated rings. The van der Waals surface area contributed by atoms with Gasteiger partial charge in [-0.2, -0.15) is 0 Å². The highest BCUT2D eigenvalue weighted by atomic mass is 16.5. The maximum atomic E-state index is 11.9. The first-order valence-electron chi connectivity index (χ1n) is 6.50. The van der Waals surface area contributed by atoms with Gasteiger partial charge in [0.2, 0.25) is 5.91 Å². The molecule has 0 spiro atoms. The highest BCUT2D eigenvalue weighted by Gasteiger charge is 2.30. The molecular weight excluding hydrogens is 276 g/mol. The molecule has 3 N–H and O–H groups in total. The Morgan fingerprint density at radius 3 is 2.48 bits per heavy atom. The summed E-state index contributed by atoms with van der Waals surface area (Å²) in [5.41, 5.74) is 5.48. The van der Waals surface area contributed by atoms with Crippen molar-refractivity contribution in [1.82, 2.24) is 4.90 Å². The van der Waals surface area contributed by atoms with Crippen molar-refractivity contribution < 1.29 is 24.2 Å². The molecule has 0 aromatic heterocycles. The summed E-state index contributed by atoms with van der Waals surface area (Å²) in [6.45, 7) is 0.486. The van der Waals surface area contributed by atoms with Gasteiger partial charge in [-0.1, -0.05) is 0 Å². The second kappa shape index (κ2) is 6.25. The Bertz CT molecular complexity index is 555. The summed E-state index contributed by atoms with van der Waals surface area (Å²) in [6.07, 6.45) is 0.467. The maximum Gasteiger partial charge on any atom is 0.308 e. The lowest BCUT2D eigenvalue weighted by Gasteiger charge is -2.16. The summed E-state index contributed by atoms with van der Waals surface area (Å²) in [6, 6.07) is 6.13. The highest BCUT2D eigenvalue weighted by Crippen LogP contribution is 2.17. The smallest absolute Gasteiger partial charge is 0.308 e. The molecule has 0 bridgehead atoms. The van der Waals surface area contributed by atoms with E-state index in [4.69, 9.17) is 15.6 Å². The molecule has 1 saturated heterocycles. The fourth-order valence-corrected chi connectivity index (χ4v) is 2.14. The minimum Gasteiger partial charge on any atom is -0.484 e. The molecular formula is C14H16N2O5. The zero-order valence-electron chi connectivity index (χ0n) is 11.3. The third kappa shape index (κ3) is 3.71. The zero-order chi connectivity index (χ0) is 15.4. The maximum absolute atomic E-state index is 11.9. The van der Waals surface area contributed by atoms with Crippen LogP contribution in [0.25, 0.3) is 0 Å². The Balaban J connectivity index is 1.84. The van der Waals surface area contributed by atoms with Gasteiger partial charge < -0.3 is 20.5 Å². The minimum atomic E-state index is -0.881. The Hall–Kier alpha value is -2.57. The first-order valence-corrected chi connectivity index (χ1v) is 6.50. The van der Waals surface area contributed by atoms with Crippen LogP contribution in [-0.2, 0) is 9.59 Å². The number of carbonyl (C=O) groups excluding carboxylic acids is 2. The summed E-state index contributed by atoms with van der Waals surface area (Å²) in [4.78, 5) is 35.1. The number of rotatable bonds is 5. The summed E-state index contributed by atoms with van der Waals surface area (Å²) in [7, 11) is 0. The van der Waals surface area contributed by atoms with Crippen LogP contribution in [0.3, 0.4) is 0 Å². The third-order valence-corrected chi connectivity index (χ3v) is 3.39. The van der Waals surface area contributed by atoms with Gasteiger partial charge in [-0.15, -0.1) is 0 Å². The number of primary amides is 1. The van der Waals surface area contributed by atoms with Crippen molar-refractivity contribution in [2.75, 3.05) is 19.7 Å². The molecule has 2 amide bonds. The molecule has 0 unspecified atom stereocenters. The summed E-state index contributed by atoms with van der Waals surface area (Å²) in [5.74, 6) is -1.72. The van der Waals surface area contributed by atoms with E-state index in [1.54, 1.807) is 12.1 Å². The number of benzene rings is 1. The molecule has 21 heavy (non-hydrogen) atoms. The van der Waals surface area contributed by atoms with E-state index in [1.165, 1.54) is 17.0 Å². The van der Waals surface area contributed by atoms with Crippen LogP contribution >= 0.6 is 0 Å². The predicted octanol–water partition coefficient (Wildman–Crippen LogP) is 0.0974. The molecule has 0 radical (unpaired) electrons. The van der Waals surface area contributed by atoms with Crippen LogP contribution in [0.4, 0.5) is 0 Å². The van der Waals surface area contributed by atoms with E-state index in [0.29, 0.717) is 24.3 Å². The fourth-order valence-electron chi connectivity index (χ4n) is 2.14. The fraction of sp³-hybridized carbons (Fsp3) is 0.357. The van der Waals surface area contributed by atoms with Crippen molar-refractivity contribution in [3.63, 3.8) is 0 Å². The van der Waals surface area contributed by atoms with Crippen molar-refractivity contribution in [3.8, 4) is 5.75 Å². The minimum absolute atomic E-state index is 0.164.